The number of hydrogen-bond donors (Lipinski definition) is 1. The molecule has 2 rings (SSSR count). The van der Waals surface area contributed by atoms with Gasteiger partial charge >= 0.3 is 0 Å². The van der Waals surface area contributed by atoms with E-state index in [-0.39, 0.29) is 18.2 Å². The molecule has 0 unspecified atom stereocenters. The number of benzene rings is 2. The lowest BCUT2D eigenvalue weighted by molar-refractivity contribution is -0.127. The van der Waals surface area contributed by atoms with E-state index in [4.69, 9.17) is 4.74 Å². The maximum Gasteiger partial charge on any atom is 0.236 e. The molecule has 2 aromatic carbocycles. The van der Waals surface area contributed by atoms with Crippen molar-refractivity contribution in [2.45, 2.75) is 13.0 Å². The highest BCUT2D eigenvalue weighted by molar-refractivity contribution is 6.04. The van der Waals surface area contributed by atoms with Gasteiger partial charge in [0.15, 0.2) is 0 Å². The molecule has 120 valence electrons. The van der Waals surface area contributed by atoms with Crippen LogP contribution in [0.5, 0.6) is 5.75 Å². The third kappa shape index (κ3) is 4.57. The number of nitrogens with one attached hydrogen (secondary N) is 1. The number of amides is 2. The van der Waals surface area contributed by atoms with E-state index in [9.17, 15) is 9.59 Å². The first-order valence-corrected chi connectivity index (χ1v) is 7.32. The van der Waals surface area contributed by atoms with Crippen molar-refractivity contribution in [3.8, 4) is 5.75 Å². The van der Waals surface area contributed by atoms with Crippen LogP contribution >= 0.6 is 0 Å². The van der Waals surface area contributed by atoms with E-state index >= 15 is 0 Å². The number of hydrogen-bond acceptors (Lipinski definition) is 3. The van der Waals surface area contributed by atoms with E-state index in [0.717, 1.165) is 11.3 Å². The highest BCUT2D eigenvalue weighted by Gasteiger charge is 2.15. The van der Waals surface area contributed by atoms with Gasteiger partial charge in [0.05, 0.1) is 7.11 Å². The summed E-state index contributed by atoms with van der Waals surface area (Å²) in [5.41, 5.74) is 1.63. The number of nitrogens with zero attached hydrogens (tertiary/aromatic N) is 1. The van der Waals surface area contributed by atoms with E-state index in [1.165, 1.54) is 4.90 Å². The summed E-state index contributed by atoms with van der Waals surface area (Å²) in [6, 6.07) is 16.7. The van der Waals surface area contributed by atoms with E-state index in [1.807, 2.05) is 54.6 Å². The molecule has 0 saturated carbocycles. The van der Waals surface area contributed by atoms with Gasteiger partial charge in [0, 0.05) is 24.8 Å². The van der Waals surface area contributed by atoms with Crippen molar-refractivity contribution < 1.29 is 14.3 Å². The monoisotopic (exact) mass is 312 g/mol. The number of carbonyl (C=O) groups is 2. The van der Waals surface area contributed by atoms with Crippen LogP contribution in [-0.4, -0.2) is 26.0 Å². The van der Waals surface area contributed by atoms with Crippen LogP contribution in [0.1, 0.15) is 12.0 Å². The van der Waals surface area contributed by atoms with Gasteiger partial charge in [-0.15, -0.1) is 0 Å². The molecule has 2 aromatic rings. The molecule has 5 nitrogen and oxygen atoms in total. The van der Waals surface area contributed by atoms with Crippen molar-refractivity contribution in [1.29, 1.82) is 0 Å². The number of ether oxygens (including phenoxy) is 1. The van der Waals surface area contributed by atoms with Crippen LogP contribution in [-0.2, 0) is 16.1 Å². The van der Waals surface area contributed by atoms with Crippen LogP contribution in [0.15, 0.2) is 54.6 Å². The van der Waals surface area contributed by atoms with Crippen LogP contribution < -0.4 is 15.0 Å². The summed E-state index contributed by atoms with van der Waals surface area (Å²) in [5, 5.41) is 2.74. The lowest BCUT2D eigenvalue weighted by atomic mass is 10.2. The van der Waals surface area contributed by atoms with Crippen molar-refractivity contribution in [3.63, 3.8) is 0 Å². The Kier molecular flexibility index (Phi) is 5.74. The largest absolute Gasteiger partial charge is 0.496 e. The molecule has 0 radical (unpaired) electrons. The molecule has 5 heteroatoms. The van der Waals surface area contributed by atoms with Crippen LogP contribution in [0.2, 0.25) is 0 Å². The molecule has 0 aliphatic rings. The van der Waals surface area contributed by atoms with Crippen molar-refractivity contribution in [2.24, 2.45) is 0 Å². The normalized spacial score (nSPS) is 10.0. The third-order valence-corrected chi connectivity index (χ3v) is 3.50. The van der Waals surface area contributed by atoms with Gasteiger partial charge in [-0.3, -0.25) is 9.59 Å². The van der Waals surface area contributed by atoms with Gasteiger partial charge in [-0.05, 0) is 18.2 Å². The minimum Gasteiger partial charge on any atom is -0.496 e. The highest BCUT2D eigenvalue weighted by atomic mass is 16.5. The van der Waals surface area contributed by atoms with Gasteiger partial charge in [-0.2, -0.15) is 0 Å². The van der Waals surface area contributed by atoms with Gasteiger partial charge in [-0.1, -0.05) is 36.4 Å². The Balaban J connectivity index is 1.88. The summed E-state index contributed by atoms with van der Waals surface area (Å²) in [7, 11) is 3.24. The fourth-order valence-corrected chi connectivity index (χ4v) is 2.16. The smallest absolute Gasteiger partial charge is 0.236 e. The summed E-state index contributed by atoms with van der Waals surface area (Å²) in [5.74, 6) is 0.137. The number of para-hydroxylation sites is 2. The van der Waals surface area contributed by atoms with Crippen molar-refractivity contribution in [1.82, 2.24) is 5.32 Å². The quantitative estimate of drug-likeness (QED) is 0.833. The predicted molar refractivity (Wildman–Crippen MR) is 89.3 cm³/mol. The van der Waals surface area contributed by atoms with E-state index in [0.29, 0.717) is 12.3 Å². The molecule has 2 amide bonds. The van der Waals surface area contributed by atoms with Gasteiger partial charge in [0.25, 0.3) is 0 Å². The minimum atomic E-state index is -0.316. The van der Waals surface area contributed by atoms with Gasteiger partial charge in [0.1, 0.15) is 12.2 Å². The standard InChI is InChI=1S/C18H20N2O3/c1-20(15-9-4-3-5-10-15)18(22)12-17(21)19-13-14-8-6-7-11-16(14)23-2/h3-11H,12-13H2,1-2H3,(H,19,21). The maximum atomic E-state index is 12.1. The molecule has 0 fully saturated rings. The molecular formula is C18H20N2O3. The number of rotatable bonds is 6. The zero-order valence-electron chi connectivity index (χ0n) is 13.3. The Labute approximate surface area is 135 Å². The first-order valence-electron chi connectivity index (χ1n) is 7.32. The summed E-state index contributed by atoms with van der Waals surface area (Å²) in [6.07, 6.45) is -0.194. The molecule has 0 aromatic heterocycles. The number of anilines is 1. The zero-order valence-corrected chi connectivity index (χ0v) is 13.3. The van der Waals surface area contributed by atoms with Crippen molar-refractivity contribution in [2.75, 3.05) is 19.1 Å². The maximum absolute atomic E-state index is 12.1. The average Bonchev–Trinajstić information content (AvgIpc) is 2.60. The number of methoxy groups -OCH3 is 1. The molecule has 0 aliphatic carbocycles. The molecule has 0 atom stereocenters. The summed E-state index contributed by atoms with van der Waals surface area (Å²) >= 11 is 0. The van der Waals surface area contributed by atoms with Crippen LogP contribution in [0.25, 0.3) is 0 Å². The second kappa shape index (κ2) is 7.98. The third-order valence-electron chi connectivity index (χ3n) is 3.50. The number of carbonyl (C=O) groups excluding carboxylic acids is 2. The Morgan fingerprint density at radius 3 is 2.39 bits per heavy atom. The molecule has 0 spiro atoms. The van der Waals surface area contributed by atoms with E-state index in [1.54, 1.807) is 14.2 Å². The zero-order chi connectivity index (χ0) is 16.7. The Morgan fingerprint density at radius 1 is 1.04 bits per heavy atom. The lowest BCUT2D eigenvalue weighted by Gasteiger charge is -2.17. The molecule has 0 heterocycles. The Hall–Kier alpha value is -2.82. The molecule has 0 saturated heterocycles. The molecule has 0 bridgehead atoms. The fourth-order valence-electron chi connectivity index (χ4n) is 2.16. The topological polar surface area (TPSA) is 58.6 Å². The molecule has 23 heavy (non-hydrogen) atoms. The minimum absolute atomic E-state index is 0.194. The second-order valence-electron chi connectivity index (χ2n) is 5.05. The Morgan fingerprint density at radius 2 is 1.70 bits per heavy atom. The first-order chi connectivity index (χ1) is 11.1. The highest BCUT2D eigenvalue weighted by Crippen LogP contribution is 2.17. The van der Waals surface area contributed by atoms with Gasteiger partial charge in [-0.25, -0.2) is 0 Å². The Bertz CT molecular complexity index is 671. The SMILES string of the molecule is COc1ccccc1CNC(=O)CC(=O)N(C)c1ccccc1. The van der Waals surface area contributed by atoms with E-state index in [2.05, 4.69) is 5.32 Å². The lowest BCUT2D eigenvalue weighted by Crippen LogP contribution is -2.33. The van der Waals surface area contributed by atoms with E-state index < -0.39 is 0 Å². The average molecular weight is 312 g/mol. The fraction of sp³-hybridized carbons (Fsp3) is 0.222. The van der Waals surface area contributed by atoms with Gasteiger partial charge in [0.2, 0.25) is 11.8 Å². The predicted octanol–water partition coefficient (Wildman–Crippen LogP) is 2.36. The molecule has 1 N–H and O–H groups in total. The van der Waals surface area contributed by atoms with Crippen LogP contribution in [0.3, 0.4) is 0 Å². The summed E-state index contributed by atoms with van der Waals surface area (Å²) < 4.78 is 5.23. The summed E-state index contributed by atoms with van der Waals surface area (Å²) in [4.78, 5) is 25.6. The summed E-state index contributed by atoms with van der Waals surface area (Å²) in [6.45, 7) is 0.325. The first kappa shape index (κ1) is 16.5. The van der Waals surface area contributed by atoms with Crippen molar-refractivity contribution in [3.05, 3.63) is 60.2 Å². The van der Waals surface area contributed by atoms with Crippen LogP contribution in [0.4, 0.5) is 5.69 Å². The molecular weight excluding hydrogens is 292 g/mol. The van der Waals surface area contributed by atoms with Gasteiger partial charge < -0.3 is 15.0 Å². The van der Waals surface area contributed by atoms with Crippen LogP contribution in [0, 0.1) is 0 Å². The second-order valence-corrected chi connectivity index (χ2v) is 5.05. The molecule has 0 aliphatic heterocycles. The van der Waals surface area contributed by atoms with Crippen molar-refractivity contribution >= 4 is 17.5 Å².